The first-order chi connectivity index (χ1) is 19.4. The van der Waals surface area contributed by atoms with E-state index in [0.717, 1.165) is 23.5 Å². The summed E-state index contributed by atoms with van der Waals surface area (Å²) in [5.74, 6) is 0.183. The van der Waals surface area contributed by atoms with Crippen LogP contribution in [0.15, 0.2) is 17.0 Å². The summed E-state index contributed by atoms with van der Waals surface area (Å²) < 4.78 is 42.2. The maximum Gasteiger partial charge on any atom is 0.474 e. The fraction of sp³-hybridized carbons (Fsp3) is 0.704. The number of carbonyl (C=O) groups is 2. The summed E-state index contributed by atoms with van der Waals surface area (Å²) in [6.07, 6.45) is 1.17. The van der Waals surface area contributed by atoms with Gasteiger partial charge >= 0.3 is 7.82 Å². The van der Waals surface area contributed by atoms with Gasteiger partial charge in [0.2, 0.25) is 0 Å². The third-order valence-electron chi connectivity index (χ3n) is 6.77. The Kier molecular flexibility index (Phi) is 11.4. The second-order valence-electron chi connectivity index (χ2n) is 12.4. The molecule has 1 fully saturated rings. The summed E-state index contributed by atoms with van der Waals surface area (Å²) in [5, 5.41) is 11.4. The summed E-state index contributed by atoms with van der Waals surface area (Å²) in [6.45, 7) is 14.0. The number of aromatic nitrogens is 2. The molecular weight excluding hydrogens is 605 g/mol. The molecule has 0 spiro atoms. The van der Waals surface area contributed by atoms with E-state index < -0.39 is 42.4 Å². The zero-order valence-corrected chi connectivity index (χ0v) is 27.9. The maximum absolute atomic E-state index is 13.6. The summed E-state index contributed by atoms with van der Waals surface area (Å²) >= 11 is 2.14. The van der Waals surface area contributed by atoms with Gasteiger partial charge in [-0.15, -0.1) is 0 Å². The molecule has 12 nitrogen and oxygen atoms in total. The molecule has 3 N–H and O–H groups in total. The Morgan fingerprint density at radius 1 is 1.05 bits per heavy atom. The Labute approximate surface area is 255 Å². The summed E-state index contributed by atoms with van der Waals surface area (Å²) in [5.41, 5.74) is 4.67. The van der Waals surface area contributed by atoms with Crippen LogP contribution in [0.1, 0.15) is 67.1 Å². The molecule has 0 radical (unpaired) electrons. The summed E-state index contributed by atoms with van der Waals surface area (Å²) in [7, 11) is -4.13. The number of rotatable bonds is 12. The number of hydrogen-bond acceptors (Lipinski definition) is 14. The first-order valence-electron chi connectivity index (χ1n) is 13.6. The SMILES string of the molecule is C[C@@H]1[C@@H](COP(=O)(OCCSC(=O)C(C)(C)C)OCCSC(=O)C(C)(C)C)O[C@@H](c2coc3c(N)ncnc23)[C@]1(C)O. The lowest BCUT2D eigenvalue weighted by atomic mass is 9.83. The molecule has 0 bridgehead atoms. The number of fused-ring (bicyclic) bond motifs is 1. The Balaban J connectivity index is 1.68. The number of aliphatic hydroxyl groups is 1. The van der Waals surface area contributed by atoms with E-state index in [-0.39, 0.29) is 53.0 Å². The Hall–Kier alpha value is -1.51. The van der Waals surface area contributed by atoms with Crippen LogP contribution in [0.5, 0.6) is 0 Å². The van der Waals surface area contributed by atoms with Crippen molar-refractivity contribution in [3.05, 3.63) is 18.2 Å². The van der Waals surface area contributed by atoms with Gasteiger partial charge in [-0.2, -0.15) is 0 Å². The van der Waals surface area contributed by atoms with Gasteiger partial charge in [0, 0.05) is 33.8 Å². The highest BCUT2D eigenvalue weighted by Gasteiger charge is 2.52. The van der Waals surface area contributed by atoms with Crippen molar-refractivity contribution < 1.29 is 42.0 Å². The molecule has 42 heavy (non-hydrogen) atoms. The summed E-state index contributed by atoms with van der Waals surface area (Å²) in [4.78, 5) is 32.7. The van der Waals surface area contributed by atoms with Crippen molar-refractivity contribution >= 4 is 58.5 Å². The van der Waals surface area contributed by atoms with Crippen LogP contribution < -0.4 is 5.73 Å². The molecule has 2 aromatic heterocycles. The van der Waals surface area contributed by atoms with Crippen molar-refractivity contribution in [3.8, 4) is 0 Å². The number of nitrogens with zero attached hydrogens (tertiary/aromatic N) is 2. The topological polar surface area (TPSA) is 173 Å². The Bertz CT molecular complexity index is 1270. The normalized spacial score (nSPS) is 23.5. The van der Waals surface area contributed by atoms with Crippen molar-refractivity contribution in [2.45, 2.75) is 73.2 Å². The third kappa shape index (κ3) is 8.56. The third-order valence-corrected chi connectivity index (χ3v) is 10.7. The van der Waals surface area contributed by atoms with Crippen LogP contribution in [0, 0.1) is 16.7 Å². The van der Waals surface area contributed by atoms with Crippen LogP contribution >= 0.6 is 31.3 Å². The van der Waals surface area contributed by atoms with Gasteiger partial charge in [0.25, 0.3) is 0 Å². The van der Waals surface area contributed by atoms with Gasteiger partial charge in [-0.3, -0.25) is 23.2 Å². The Morgan fingerprint density at radius 2 is 1.60 bits per heavy atom. The molecule has 236 valence electrons. The molecule has 15 heteroatoms. The highest BCUT2D eigenvalue weighted by molar-refractivity contribution is 8.14. The number of phosphoric acid groups is 1. The number of phosphoric ester groups is 1. The van der Waals surface area contributed by atoms with Crippen molar-refractivity contribution in [3.63, 3.8) is 0 Å². The monoisotopic (exact) mass is 647 g/mol. The minimum atomic E-state index is -4.13. The molecule has 0 amide bonds. The lowest BCUT2D eigenvalue weighted by molar-refractivity contribution is -0.118. The van der Waals surface area contributed by atoms with Crippen LogP contribution in [0.25, 0.3) is 11.1 Å². The van der Waals surface area contributed by atoms with Gasteiger partial charge in [-0.25, -0.2) is 14.5 Å². The second-order valence-corrected chi connectivity index (χ2v) is 16.2. The molecular formula is C27H42N3O9PS2. The van der Waals surface area contributed by atoms with Gasteiger partial charge in [-0.1, -0.05) is 72.0 Å². The van der Waals surface area contributed by atoms with Crippen LogP contribution in [0.2, 0.25) is 0 Å². The number of anilines is 1. The van der Waals surface area contributed by atoms with Gasteiger partial charge in [0.05, 0.1) is 37.8 Å². The van der Waals surface area contributed by atoms with Crippen molar-refractivity contribution in [2.24, 2.45) is 16.7 Å². The first kappa shape index (κ1) is 35.0. The zero-order chi connectivity index (χ0) is 31.5. The number of thioether (sulfide) groups is 2. The van der Waals surface area contributed by atoms with Crippen molar-refractivity contribution in [1.29, 1.82) is 0 Å². The molecule has 2 aromatic rings. The maximum atomic E-state index is 13.6. The van der Waals surface area contributed by atoms with E-state index in [0.29, 0.717) is 11.1 Å². The number of nitrogen functional groups attached to an aromatic ring is 1. The van der Waals surface area contributed by atoms with Crippen LogP contribution in [0.3, 0.4) is 0 Å². The predicted molar refractivity (Wildman–Crippen MR) is 163 cm³/mol. The van der Waals surface area contributed by atoms with E-state index >= 15 is 0 Å². The fourth-order valence-corrected chi connectivity index (χ4v) is 6.97. The van der Waals surface area contributed by atoms with Crippen LogP contribution in [0.4, 0.5) is 5.82 Å². The van der Waals surface area contributed by atoms with Crippen LogP contribution in [-0.2, 0) is 32.5 Å². The highest BCUT2D eigenvalue weighted by atomic mass is 32.2. The van der Waals surface area contributed by atoms with E-state index in [1.54, 1.807) is 13.8 Å². The van der Waals surface area contributed by atoms with Crippen molar-refractivity contribution in [2.75, 3.05) is 37.1 Å². The number of hydrogen-bond donors (Lipinski definition) is 2. The van der Waals surface area contributed by atoms with Gasteiger partial charge in [0.1, 0.15) is 17.9 Å². The van der Waals surface area contributed by atoms with E-state index in [2.05, 4.69) is 9.97 Å². The quantitative estimate of drug-likeness (QED) is 0.221. The van der Waals surface area contributed by atoms with E-state index in [1.807, 2.05) is 41.5 Å². The Morgan fingerprint density at radius 3 is 2.12 bits per heavy atom. The molecule has 3 heterocycles. The molecule has 3 rings (SSSR count). The molecule has 0 aromatic carbocycles. The van der Waals surface area contributed by atoms with Gasteiger partial charge < -0.3 is 20.0 Å². The minimum Gasteiger partial charge on any atom is -0.458 e. The molecule has 1 aliphatic rings. The smallest absolute Gasteiger partial charge is 0.458 e. The second kappa shape index (κ2) is 13.6. The fourth-order valence-electron chi connectivity index (χ4n) is 3.97. The number of nitrogens with two attached hydrogens (primary N) is 1. The average Bonchev–Trinajstić information content (AvgIpc) is 3.41. The van der Waals surface area contributed by atoms with Gasteiger partial charge in [-0.05, 0) is 6.92 Å². The predicted octanol–water partition coefficient (Wildman–Crippen LogP) is 5.40. The molecule has 1 saturated heterocycles. The molecule has 1 aliphatic heterocycles. The van der Waals surface area contributed by atoms with E-state index in [4.69, 9.17) is 28.5 Å². The molecule has 4 atom stereocenters. The lowest BCUT2D eigenvalue weighted by Crippen LogP contribution is -2.36. The molecule has 0 aliphatic carbocycles. The number of furan rings is 1. The average molecular weight is 648 g/mol. The molecule has 0 unspecified atom stereocenters. The largest absolute Gasteiger partial charge is 0.474 e. The summed E-state index contributed by atoms with van der Waals surface area (Å²) in [6, 6.07) is 0. The number of carbonyl (C=O) groups excluding carboxylic acids is 2. The first-order valence-corrected chi connectivity index (χ1v) is 17.0. The lowest BCUT2D eigenvalue weighted by Gasteiger charge is -2.27. The highest BCUT2D eigenvalue weighted by Crippen LogP contribution is 2.52. The minimum absolute atomic E-state index is 0.0277. The van der Waals surface area contributed by atoms with Crippen molar-refractivity contribution in [1.82, 2.24) is 9.97 Å². The van der Waals surface area contributed by atoms with E-state index in [1.165, 1.54) is 12.6 Å². The van der Waals surface area contributed by atoms with E-state index in [9.17, 15) is 19.3 Å². The zero-order valence-electron chi connectivity index (χ0n) is 25.4. The number of ether oxygens (including phenoxy) is 1. The standard InChI is InChI=1S/C27H42N3O9PS2/c1-16-18(39-21(27(16,8)33)17-13-35-20-19(17)29-15-30-22(20)28)14-38-40(34,36-9-11-41-23(31)25(2,3)4)37-10-12-42-24(32)26(5,6)7/h13,15-16,18,21,33H,9-12,14H2,1-8H3,(H2,28,29,30)/t16-,18-,21+,27-/m1/s1. The molecule has 0 saturated carbocycles. The van der Waals surface area contributed by atoms with Crippen LogP contribution in [-0.4, -0.2) is 68.3 Å². The van der Waals surface area contributed by atoms with Gasteiger partial charge in [0.15, 0.2) is 21.6 Å².